The van der Waals surface area contributed by atoms with Crippen molar-refractivity contribution in [2.24, 2.45) is 12.5 Å². The SMILES string of the molecule is Cn1cc(Cl)cc1C(=O)N1CCC2(CC1)[C@H](O)C[C@@H]2O. The Hall–Kier alpha value is -1.04. The number of carbonyl (C=O) groups excluding carboxylic acids is 1. The summed E-state index contributed by atoms with van der Waals surface area (Å²) in [5.74, 6) is -0.0439. The minimum atomic E-state index is -0.431. The Morgan fingerprint density at radius 1 is 1.35 bits per heavy atom. The third kappa shape index (κ3) is 1.96. The Bertz CT molecular complexity index is 525. The minimum Gasteiger partial charge on any atom is -0.392 e. The number of likely N-dealkylation sites (tertiary alicyclic amines) is 1. The third-order valence-electron chi connectivity index (χ3n) is 4.95. The zero-order valence-corrected chi connectivity index (χ0v) is 12.2. The molecule has 2 heterocycles. The molecule has 0 unspecified atom stereocenters. The summed E-state index contributed by atoms with van der Waals surface area (Å²) in [6, 6.07) is 1.67. The monoisotopic (exact) mass is 298 g/mol. The summed E-state index contributed by atoms with van der Waals surface area (Å²) >= 11 is 5.91. The Balaban J connectivity index is 1.69. The van der Waals surface area contributed by atoms with Crippen LogP contribution in [0.5, 0.6) is 0 Å². The molecule has 2 atom stereocenters. The smallest absolute Gasteiger partial charge is 0.270 e. The van der Waals surface area contributed by atoms with Gasteiger partial charge in [0.2, 0.25) is 0 Å². The summed E-state index contributed by atoms with van der Waals surface area (Å²) in [4.78, 5) is 14.2. The lowest BCUT2D eigenvalue weighted by Gasteiger charge is -2.54. The van der Waals surface area contributed by atoms with Crippen molar-refractivity contribution >= 4 is 17.5 Å². The van der Waals surface area contributed by atoms with Gasteiger partial charge in [-0.2, -0.15) is 0 Å². The van der Waals surface area contributed by atoms with E-state index in [1.54, 1.807) is 28.8 Å². The molecule has 3 rings (SSSR count). The summed E-state index contributed by atoms with van der Waals surface area (Å²) in [6.07, 6.45) is 2.61. The topological polar surface area (TPSA) is 65.7 Å². The molecule has 5 nitrogen and oxygen atoms in total. The van der Waals surface area contributed by atoms with E-state index < -0.39 is 12.2 Å². The molecule has 0 aromatic carbocycles. The number of aliphatic hydroxyl groups excluding tert-OH is 2. The fraction of sp³-hybridized carbons (Fsp3) is 0.643. The standard InChI is InChI=1S/C14H19ClN2O3/c1-16-8-9(15)6-10(16)13(20)17-4-2-14(3-5-17)11(18)7-12(14)19/h6,8,11-12,18-19H,2-5,7H2,1H3/t11-,12+. The highest BCUT2D eigenvalue weighted by Crippen LogP contribution is 2.49. The molecule has 1 saturated carbocycles. The van der Waals surface area contributed by atoms with E-state index in [1.165, 1.54) is 0 Å². The first kappa shape index (κ1) is 13.9. The second-order valence-electron chi connectivity index (χ2n) is 5.95. The predicted octanol–water partition coefficient (Wildman–Crippen LogP) is 1.03. The molecule has 6 heteroatoms. The van der Waals surface area contributed by atoms with E-state index in [-0.39, 0.29) is 11.3 Å². The Kier molecular flexibility index (Phi) is 3.31. The Morgan fingerprint density at radius 2 is 1.95 bits per heavy atom. The number of aromatic nitrogens is 1. The second kappa shape index (κ2) is 4.76. The molecular weight excluding hydrogens is 280 g/mol. The van der Waals surface area contributed by atoms with Crippen LogP contribution >= 0.6 is 11.6 Å². The lowest BCUT2D eigenvalue weighted by Crippen LogP contribution is -2.61. The van der Waals surface area contributed by atoms with Gasteiger partial charge in [-0.15, -0.1) is 0 Å². The van der Waals surface area contributed by atoms with Gasteiger partial charge in [0.15, 0.2) is 0 Å². The molecule has 1 aliphatic carbocycles. The minimum absolute atomic E-state index is 0.0439. The summed E-state index contributed by atoms with van der Waals surface area (Å²) in [5.41, 5.74) is 0.184. The molecule has 1 spiro atoms. The Morgan fingerprint density at radius 3 is 2.40 bits per heavy atom. The van der Waals surface area contributed by atoms with E-state index in [0.29, 0.717) is 43.1 Å². The zero-order chi connectivity index (χ0) is 14.5. The molecular formula is C14H19ClN2O3. The summed E-state index contributed by atoms with van der Waals surface area (Å²) < 4.78 is 1.72. The molecule has 1 amide bonds. The van der Waals surface area contributed by atoms with Gasteiger partial charge in [-0.3, -0.25) is 4.79 Å². The van der Waals surface area contributed by atoms with Crippen molar-refractivity contribution in [3.8, 4) is 0 Å². The van der Waals surface area contributed by atoms with Crippen molar-refractivity contribution in [2.75, 3.05) is 13.1 Å². The highest BCUT2D eigenvalue weighted by molar-refractivity contribution is 6.31. The molecule has 1 saturated heterocycles. The normalized spacial score (nSPS) is 28.5. The van der Waals surface area contributed by atoms with E-state index in [9.17, 15) is 15.0 Å². The van der Waals surface area contributed by atoms with Crippen LogP contribution in [0, 0.1) is 5.41 Å². The van der Waals surface area contributed by atoms with Crippen molar-refractivity contribution in [3.63, 3.8) is 0 Å². The first-order valence-corrected chi connectivity index (χ1v) is 7.29. The maximum atomic E-state index is 12.4. The number of hydrogen-bond donors (Lipinski definition) is 2. The van der Waals surface area contributed by atoms with Gasteiger partial charge in [-0.1, -0.05) is 11.6 Å². The lowest BCUT2D eigenvalue weighted by atomic mass is 9.58. The average molecular weight is 299 g/mol. The van der Waals surface area contributed by atoms with Gasteiger partial charge in [-0.05, 0) is 18.9 Å². The number of halogens is 1. The van der Waals surface area contributed by atoms with E-state index in [2.05, 4.69) is 0 Å². The second-order valence-corrected chi connectivity index (χ2v) is 6.38. The van der Waals surface area contributed by atoms with Gasteiger partial charge in [0, 0.05) is 38.2 Å². The van der Waals surface area contributed by atoms with Gasteiger partial charge in [0.05, 0.1) is 17.2 Å². The third-order valence-corrected chi connectivity index (χ3v) is 5.15. The van der Waals surface area contributed by atoms with Gasteiger partial charge in [-0.25, -0.2) is 0 Å². The van der Waals surface area contributed by atoms with Crippen LogP contribution in [0.15, 0.2) is 12.3 Å². The number of rotatable bonds is 1. The van der Waals surface area contributed by atoms with E-state index in [0.717, 1.165) is 0 Å². The van der Waals surface area contributed by atoms with Crippen LogP contribution in [0.1, 0.15) is 29.8 Å². The first-order chi connectivity index (χ1) is 9.44. The molecule has 20 heavy (non-hydrogen) atoms. The number of amides is 1. The molecule has 110 valence electrons. The van der Waals surface area contributed by atoms with Crippen LogP contribution in [-0.2, 0) is 7.05 Å². The number of aliphatic hydroxyl groups is 2. The largest absolute Gasteiger partial charge is 0.392 e. The first-order valence-electron chi connectivity index (χ1n) is 6.91. The van der Waals surface area contributed by atoms with Gasteiger partial charge >= 0.3 is 0 Å². The van der Waals surface area contributed by atoms with Crippen molar-refractivity contribution in [2.45, 2.75) is 31.5 Å². The van der Waals surface area contributed by atoms with Crippen LogP contribution in [0.25, 0.3) is 0 Å². The zero-order valence-electron chi connectivity index (χ0n) is 11.4. The molecule has 1 aliphatic heterocycles. The molecule has 2 N–H and O–H groups in total. The molecule has 1 aromatic heterocycles. The Labute approximate surface area is 122 Å². The van der Waals surface area contributed by atoms with Crippen LogP contribution in [0.2, 0.25) is 5.02 Å². The molecule has 1 aromatic rings. The number of nitrogens with zero attached hydrogens (tertiary/aromatic N) is 2. The van der Waals surface area contributed by atoms with Gasteiger partial charge < -0.3 is 19.7 Å². The average Bonchev–Trinajstić information content (AvgIpc) is 2.77. The summed E-state index contributed by atoms with van der Waals surface area (Å²) in [5, 5.41) is 20.3. The van der Waals surface area contributed by atoms with Crippen molar-refractivity contribution < 1.29 is 15.0 Å². The fourth-order valence-electron chi connectivity index (χ4n) is 3.43. The van der Waals surface area contributed by atoms with E-state index in [4.69, 9.17) is 11.6 Å². The number of hydrogen-bond acceptors (Lipinski definition) is 3. The van der Waals surface area contributed by atoms with Gasteiger partial charge in [0.25, 0.3) is 5.91 Å². The van der Waals surface area contributed by atoms with Crippen molar-refractivity contribution in [3.05, 3.63) is 23.0 Å². The molecule has 2 fully saturated rings. The number of piperidine rings is 1. The summed E-state index contributed by atoms with van der Waals surface area (Å²) in [6.45, 7) is 1.13. The number of carbonyl (C=O) groups is 1. The fourth-order valence-corrected chi connectivity index (χ4v) is 3.68. The highest BCUT2D eigenvalue weighted by atomic mass is 35.5. The number of aryl methyl sites for hydroxylation is 1. The maximum Gasteiger partial charge on any atom is 0.270 e. The lowest BCUT2D eigenvalue weighted by molar-refractivity contribution is -0.187. The highest BCUT2D eigenvalue weighted by Gasteiger charge is 2.55. The molecule has 0 bridgehead atoms. The molecule has 0 radical (unpaired) electrons. The van der Waals surface area contributed by atoms with Crippen LogP contribution < -0.4 is 0 Å². The van der Waals surface area contributed by atoms with Crippen LogP contribution in [0.3, 0.4) is 0 Å². The van der Waals surface area contributed by atoms with Crippen LogP contribution in [-0.4, -0.2) is 50.9 Å². The van der Waals surface area contributed by atoms with Crippen LogP contribution in [0.4, 0.5) is 0 Å². The van der Waals surface area contributed by atoms with E-state index in [1.807, 2.05) is 0 Å². The predicted molar refractivity (Wildman–Crippen MR) is 74.6 cm³/mol. The summed E-state index contributed by atoms with van der Waals surface area (Å²) in [7, 11) is 1.80. The molecule has 2 aliphatic rings. The maximum absolute atomic E-state index is 12.4. The van der Waals surface area contributed by atoms with Crippen molar-refractivity contribution in [1.29, 1.82) is 0 Å². The van der Waals surface area contributed by atoms with E-state index >= 15 is 0 Å². The van der Waals surface area contributed by atoms with Crippen molar-refractivity contribution in [1.82, 2.24) is 9.47 Å². The van der Waals surface area contributed by atoms with Gasteiger partial charge in [0.1, 0.15) is 5.69 Å². The quantitative estimate of drug-likeness (QED) is 0.814.